The van der Waals surface area contributed by atoms with Gasteiger partial charge in [0.1, 0.15) is 0 Å². The van der Waals surface area contributed by atoms with E-state index in [1.54, 1.807) is 30.5 Å². The minimum Gasteiger partial charge on any atom is -0.330 e. The molecule has 0 amide bonds. The van der Waals surface area contributed by atoms with Crippen LogP contribution >= 0.6 is 0 Å². The summed E-state index contributed by atoms with van der Waals surface area (Å²) >= 11 is 0. The van der Waals surface area contributed by atoms with E-state index in [4.69, 9.17) is 0 Å². The zero-order valence-electron chi connectivity index (χ0n) is 11.3. The predicted octanol–water partition coefficient (Wildman–Crippen LogP) is 1.71. The van der Waals surface area contributed by atoms with E-state index in [2.05, 4.69) is 26.9 Å². The van der Waals surface area contributed by atoms with E-state index in [0.717, 1.165) is 25.1 Å². The highest BCUT2D eigenvalue weighted by atomic mass is 32.2. The molecule has 0 unspecified atom stereocenters. The fourth-order valence-electron chi connectivity index (χ4n) is 1.70. The van der Waals surface area contributed by atoms with Crippen LogP contribution in [-0.2, 0) is 16.6 Å². The van der Waals surface area contributed by atoms with Gasteiger partial charge in [-0.15, -0.1) is 0 Å². The molecule has 7 heteroatoms. The number of imidazole rings is 1. The summed E-state index contributed by atoms with van der Waals surface area (Å²) < 4.78 is 26.5. The van der Waals surface area contributed by atoms with Gasteiger partial charge in [-0.1, -0.05) is 19.1 Å². The Hall–Kier alpha value is -1.86. The molecule has 108 valence electrons. The average molecular weight is 294 g/mol. The first-order chi connectivity index (χ1) is 9.62. The van der Waals surface area contributed by atoms with Crippen molar-refractivity contribution in [3.8, 4) is 0 Å². The Kier molecular flexibility index (Phi) is 4.75. The highest BCUT2D eigenvalue weighted by Gasteiger charge is 2.14. The van der Waals surface area contributed by atoms with Crippen LogP contribution in [0.15, 0.2) is 41.6 Å². The van der Waals surface area contributed by atoms with Gasteiger partial charge in [-0.3, -0.25) is 0 Å². The lowest BCUT2D eigenvalue weighted by Crippen LogP contribution is -2.15. The number of aromatic amines is 1. The largest absolute Gasteiger partial charge is 0.330 e. The summed E-state index contributed by atoms with van der Waals surface area (Å²) in [5.41, 5.74) is 1.05. The number of sulfonamides is 1. The van der Waals surface area contributed by atoms with Crippen molar-refractivity contribution in [3.05, 3.63) is 42.2 Å². The summed E-state index contributed by atoms with van der Waals surface area (Å²) in [4.78, 5) is 6.75. The fraction of sp³-hybridized carbons (Fsp3) is 0.308. The number of anilines is 1. The molecular formula is C13H18N4O2S. The van der Waals surface area contributed by atoms with Gasteiger partial charge in [0.15, 0.2) is 0 Å². The van der Waals surface area contributed by atoms with Gasteiger partial charge in [0.2, 0.25) is 5.95 Å². The molecule has 0 saturated heterocycles. The average Bonchev–Trinajstić information content (AvgIpc) is 2.92. The first kappa shape index (κ1) is 14.5. The molecule has 0 atom stereocenters. The van der Waals surface area contributed by atoms with E-state index in [0.29, 0.717) is 0 Å². The van der Waals surface area contributed by atoms with E-state index in [1.807, 2.05) is 0 Å². The molecule has 1 aromatic heterocycles. The molecule has 0 fully saturated rings. The Bertz CT molecular complexity index is 621. The van der Waals surface area contributed by atoms with Crippen molar-refractivity contribution >= 4 is 16.0 Å². The van der Waals surface area contributed by atoms with Crippen molar-refractivity contribution in [3.63, 3.8) is 0 Å². The predicted molar refractivity (Wildman–Crippen MR) is 77.8 cm³/mol. The number of hydrogen-bond donors (Lipinski definition) is 3. The van der Waals surface area contributed by atoms with Crippen molar-refractivity contribution in [2.24, 2.45) is 0 Å². The SMILES string of the molecule is CCCNCc1ccc(S(=O)(=O)Nc2ncc[nH]2)cc1. The van der Waals surface area contributed by atoms with E-state index in [-0.39, 0.29) is 10.8 Å². The third-order valence-electron chi connectivity index (χ3n) is 2.72. The molecule has 0 radical (unpaired) electrons. The topological polar surface area (TPSA) is 86.9 Å². The lowest BCUT2D eigenvalue weighted by atomic mass is 10.2. The summed E-state index contributed by atoms with van der Waals surface area (Å²) in [5.74, 6) is 0.207. The zero-order chi connectivity index (χ0) is 14.4. The minimum absolute atomic E-state index is 0.207. The Morgan fingerprint density at radius 3 is 2.60 bits per heavy atom. The molecule has 0 spiro atoms. The molecule has 0 aliphatic rings. The van der Waals surface area contributed by atoms with E-state index < -0.39 is 10.0 Å². The summed E-state index contributed by atoms with van der Waals surface area (Å²) in [6.45, 7) is 3.78. The van der Waals surface area contributed by atoms with Crippen molar-refractivity contribution in [1.82, 2.24) is 15.3 Å². The molecule has 0 bridgehead atoms. The Morgan fingerprint density at radius 2 is 2.00 bits per heavy atom. The maximum absolute atomic E-state index is 12.1. The summed E-state index contributed by atoms with van der Waals surface area (Å²) in [7, 11) is -3.59. The molecular weight excluding hydrogens is 276 g/mol. The van der Waals surface area contributed by atoms with Crippen LogP contribution in [0.2, 0.25) is 0 Å². The normalized spacial score (nSPS) is 11.4. The maximum atomic E-state index is 12.1. The van der Waals surface area contributed by atoms with Crippen LogP contribution in [0.3, 0.4) is 0 Å². The zero-order valence-corrected chi connectivity index (χ0v) is 12.1. The fourth-order valence-corrected chi connectivity index (χ4v) is 2.68. The second-order valence-corrected chi connectivity index (χ2v) is 6.05. The van der Waals surface area contributed by atoms with Crippen LogP contribution in [0.4, 0.5) is 5.95 Å². The van der Waals surface area contributed by atoms with Crippen LogP contribution in [0, 0.1) is 0 Å². The number of H-pyrrole nitrogens is 1. The summed E-state index contributed by atoms with van der Waals surface area (Å²) in [6, 6.07) is 6.79. The first-order valence-corrected chi connectivity index (χ1v) is 7.92. The quantitative estimate of drug-likeness (QED) is 0.678. The highest BCUT2D eigenvalue weighted by Crippen LogP contribution is 2.13. The van der Waals surface area contributed by atoms with Gasteiger partial charge in [-0.2, -0.15) is 0 Å². The Balaban J connectivity index is 2.05. The van der Waals surface area contributed by atoms with Gasteiger partial charge in [-0.05, 0) is 30.7 Å². The Labute approximate surface area is 118 Å². The second kappa shape index (κ2) is 6.53. The van der Waals surface area contributed by atoms with Crippen molar-refractivity contribution in [1.29, 1.82) is 0 Å². The molecule has 0 aliphatic carbocycles. The molecule has 20 heavy (non-hydrogen) atoms. The number of nitrogens with zero attached hydrogens (tertiary/aromatic N) is 1. The van der Waals surface area contributed by atoms with Gasteiger partial charge >= 0.3 is 0 Å². The number of aromatic nitrogens is 2. The van der Waals surface area contributed by atoms with Gasteiger partial charge in [0.05, 0.1) is 4.90 Å². The maximum Gasteiger partial charge on any atom is 0.264 e. The van der Waals surface area contributed by atoms with Gasteiger partial charge < -0.3 is 10.3 Å². The van der Waals surface area contributed by atoms with E-state index in [1.165, 1.54) is 6.20 Å². The molecule has 1 heterocycles. The molecule has 3 N–H and O–H groups in total. The standard InChI is InChI=1S/C13H18N4O2S/c1-2-7-14-10-11-3-5-12(6-4-11)20(18,19)17-13-15-8-9-16-13/h3-6,8-9,14H,2,7,10H2,1H3,(H2,15,16,17). The van der Waals surface area contributed by atoms with Crippen molar-refractivity contribution in [2.75, 3.05) is 11.3 Å². The number of benzene rings is 1. The summed E-state index contributed by atoms with van der Waals surface area (Å²) in [6.07, 6.45) is 4.11. The van der Waals surface area contributed by atoms with Crippen LogP contribution in [0.5, 0.6) is 0 Å². The number of rotatable bonds is 7. The monoisotopic (exact) mass is 294 g/mol. The molecule has 0 saturated carbocycles. The van der Waals surface area contributed by atoms with Gasteiger partial charge in [0, 0.05) is 18.9 Å². The third kappa shape index (κ3) is 3.82. The third-order valence-corrected chi connectivity index (χ3v) is 4.07. The smallest absolute Gasteiger partial charge is 0.264 e. The second-order valence-electron chi connectivity index (χ2n) is 4.36. The molecule has 6 nitrogen and oxygen atoms in total. The van der Waals surface area contributed by atoms with Crippen LogP contribution in [0.1, 0.15) is 18.9 Å². The molecule has 0 aliphatic heterocycles. The van der Waals surface area contributed by atoms with Crippen LogP contribution < -0.4 is 10.0 Å². The van der Waals surface area contributed by atoms with Gasteiger partial charge in [0.25, 0.3) is 10.0 Å². The molecule has 2 aromatic rings. The Morgan fingerprint density at radius 1 is 1.25 bits per heavy atom. The first-order valence-electron chi connectivity index (χ1n) is 6.43. The number of nitrogens with one attached hydrogen (secondary N) is 3. The lowest BCUT2D eigenvalue weighted by Gasteiger charge is -2.07. The molecule has 2 rings (SSSR count). The van der Waals surface area contributed by atoms with Crippen molar-refractivity contribution in [2.45, 2.75) is 24.8 Å². The summed E-state index contributed by atoms with van der Waals surface area (Å²) in [5, 5.41) is 3.27. The van der Waals surface area contributed by atoms with Gasteiger partial charge in [-0.25, -0.2) is 18.1 Å². The minimum atomic E-state index is -3.59. The van der Waals surface area contributed by atoms with Crippen molar-refractivity contribution < 1.29 is 8.42 Å². The molecule has 1 aromatic carbocycles. The van der Waals surface area contributed by atoms with E-state index in [9.17, 15) is 8.42 Å². The highest BCUT2D eigenvalue weighted by molar-refractivity contribution is 7.92. The van der Waals surface area contributed by atoms with E-state index >= 15 is 0 Å². The van der Waals surface area contributed by atoms with Crippen LogP contribution in [0.25, 0.3) is 0 Å². The number of hydrogen-bond acceptors (Lipinski definition) is 4. The lowest BCUT2D eigenvalue weighted by molar-refractivity contribution is 0.600. The van der Waals surface area contributed by atoms with Crippen LogP contribution in [-0.4, -0.2) is 24.9 Å².